The Balaban J connectivity index is 2.18. The number of hydrogen-bond donors (Lipinski definition) is 0. The second kappa shape index (κ2) is 4.36. The molecule has 2 aromatic rings. The molecule has 0 aliphatic carbocycles. The zero-order chi connectivity index (χ0) is 10.7. The Hall–Kier alpha value is -1.48. The van der Waals surface area contributed by atoms with Crippen molar-refractivity contribution in [2.75, 3.05) is 0 Å². The highest BCUT2D eigenvalue weighted by Crippen LogP contribution is 2.21. The second-order valence-corrected chi connectivity index (χ2v) is 3.49. The molecule has 0 saturated carbocycles. The summed E-state index contributed by atoms with van der Waals surface area (Å²) in [5.41, 5.74) is 0. The maximum absolute atomic E-state index is 5.78. The van der Waals surface area contributed by atoms with Crippen LogP contribution in [0.1, 0.15) is 6.92 Å². The van der Waals surface area contributed by atoms with Gasteiger partial charge in [0.15, 0.2) is 0 Å². The summed E-state index contributed by atoms with van der Waals surface area (Å²) in [5, 5.41) is 0.696. The molecule has 1 aromatic heterocycles. The zero-order valence-corrected chi connectivity index (χ0v) is 9.11. The van der Waals surface area contributed by atoms with E-state index >= 15 is 0 Å². The zero-order valence-electron chi connectivity index (χ0n) is 8.35. The lowest BCUT2D eigenvalue weighted by Gasteiger charge is -2.06. The van der Waals surface area contributed by atoms with E-state index in [2.05, 4.69) is 4.98 Å². The molecule has 0 atom stereocenters. The number of hydrogen-bond acceptors (Lipinski definition) is 2. The SMILES string of the molecule is CCn1ccnc1Oc1ccc(Cl)cc1. The van der Waals surface area contributed by atoms with Crippen molar-refractivity contribution >= 4 is 11.6 Å². The molecule has 3 nitrogen and oxygen atoms in total. The Morgan fingerprint density at radius 2 is 2.07 bits per heavy atom. The first-order valence-corrected chi connectivity index (χ1v) is 5.12. The van der Waals surface area contributed by atoms with E-state index in [1.54, 1.807) is 18.3 Å². The molecule has 0 bridgehead atoms. The lowest BCUT2D eigenvalue weighted by Crippen LogP contribution is -1.96. The molecular formula is C11H11ClN2O. The standard InChI is InChI=1S/C11H11ClN2O/c1-2-14-8-7-13-11(14)15-10-5-3-9(12)4-6-10/h3-8H,2H2,1H3. The number of benzene rings is 1. The van der Waals surface area contributed by atoms with Crippen molar-refractivity contribution in [3.05, 3.63) is 41.7 Å². The molecule has 4 heteroatoms. The van der Waals surface area contributed by atoms with Crippen LogP contribution in [-0.2, 0) is 6.54 Å². The van der Waals surface area contributed by atoms with Gasteiger partial charge in [0.25, 0.3) is 0 Å². The van der Waals surface area contributed by atoms with Crippen LogP contribution >= 0.6 is 11.6 Å². The third kappa shape index (κ3) is 2.30. The van der Waals surface area contributed by atoms with Crippen molar-refractivity contribution in [2.45, 2.75) is 13.5 Å². The van der Waals surface area contributed by atoms with E-state index in [4.69, 9.17) is 16.3 Å². The van der Waals surface area contributed by atoms with Crippen LogP contribution in [0.5, 0.6) is 11.8 Å². The molecular weight excluding hydrogens is 212 g/mol. The van der Waals surface area contributed by atoms with Crippen LogP contribution in [0.4, 0.5) is 0 Å². The summed E-state index contributed by atoms with van der Waals surface area (Å²) in [7, 11) is 0. The fourth-order valence-corrected chi connectivity index (χ4v) is 1.38. The average molecular weight is 223 g/mol. The molecule has 0 aliphatic rings. The summed E-state index contributed by atoms with van der Waals surface area (Å²) in [6.45, 7) is 2.87. The van der Waals surface area contributed by atoms with E-state index in [0.29, 0.717) is 11.0 Å². The van der Waals surface area contributed by atoms with Gasteiger partial charge in [0.1, 0.15) is 5.75 Å². The smallest absolute Gasteiger partial charge is 0.301 e. The molecule has 0 aliphatic heterocycles. The summed E-state index contributed by atoms with van der Waals surface area (Å²) < 4.78 is 7.51. The van der Waals surface area contributed by atoms with Gasteiger partial charge >= 0.3 is 6.01 Å². The number of nitrogens with zero attached hydrogens (tertiary/aromatic N) is 2. The van der Waals surface area contributed by atoms with Crippen molar-refractivity contribution in [3.63, 3.8) is 0 Å². The highest BCUT2D eigenvalue weighted by molar-refractivity contribution is 6.30. The number of ether oxygens (including phenoxy) is 1. The Kier molecular flexibility index (Phi) is 2.92. The highest BCUT2D eigenvalue weighted by atomic mass is 35.5. The number of aromatic nitrogens is 2. The largest absolute Gasteiger partial charge is 0.426 e. The van der Waals surface area contributed by atoms with Crippen LogP contribution in [0.2, 0.25) is 5.02 Å². The number of aryl methyl sites for hydroxylation is 1. The van der Waals surface area contributed by atoms with Gasteiger partial charge in [-0.05, 0) is 31.2 Å². The Morgan fingerprint density at radius 3 is 2.73 bits per heavy atom. The summed E-state index contributed by atoms with van der Waals surface area (Å²) in [5.74, 6) is 0.736. The van der Waals surface area contributed by atoms with Crippen molar-refractivity contribution in [1.29, 1.82) is 0 Å². The van der Waals surface area contributed by atoms with Gasteiger partial charge in [-0.2, -0.15) is 0 Å². The molecule has 1 aromatic carbocycles. The van der Waals surface area contributed by atoms with Crippen LogP contribution in [0.3, 0.4) is 0 Å². The van der Waals surface area contributed by atoms with Gasteiger partial charge < -0.3 is 9.30 Å². The molecule has 0 amide bonds. The van der Waals surface area contributed by atoms with E-state index in [0.717, 1.165) is 12.3 Å². The third-order valence-corrected chi connectivity index (χ3v) is 2.29. The predicted molar refractivity (Wildman–Crippen MR) is 59.4 cm³/mol. The van der Waals surface area contributed by atoms with Crippen LogP contribution in [0, 0.1) is 0 Å². The number of halogens is 1. The predicted octanol–water partition coefficient (Wildman–Crippen LogP) is 3.35. The highest BCUT2D eigenvalue weighted by Gasteiger charge is 2.03. The number of rotatable bonds is 3. The van der Waals surface area contributed by atoms with Gasteiger partial charge in [0.2, 0.25) is 0 Å². The fourth-order valence-electron chi connectivity index (χ4n) is 1.25. The van der Waals surface area contributed by atoms with Crippen LogP contribution in [0.25, 0.3) is 0 Å². The molecule has 0 radical (unpaired) electrons. The Morgan fingerprint density at radius 1 is 1.33 bits per heavy atom. The molecule has 2 rings (SSSR count). The van der Waals surface area contributed by atoms with E-state index in [-0.39, 0.29) is 0 Å². The maximum atomic E-state index is 5.78. The van der Waals surface area contributed by atoms with Gasteiger partial charge in [-0.15, -0.1) is 0 Å². The second-order valence-electron chi connectivity index (χ2n) is 3.05. The average Bonchev–Trinajstić information content (AvgIpc) is 2.69. The van der Waals surface area contributed by atoms with Crippen molar-refractivity contribution in [1.82, 2.24) is 9.55 Å². The topological polar surface area (TPSA) is 27.1 Å². The van der Waals surface area contributed by atoms with E-state index in [1.807, 2.05) is 29.8 Å². The summed E-state index contributed by atoms with van der Waals surface area (Å²) in [4.78, 5) is 4.11. The van der Waals surface area contributed by atoms with E-state index in [9.17, 15) is 0 Å². The van der Waals surface area contributed by atoms with E-state index < -0.39 is 0 Å². The first-order chi connectivity index (χ1) is 7.29. The van der Waals surface area contributed by atoms with Gasteiger partial charge in [-0.3, -0.25) is 0 Å². The van der Waals surface area contributed by atoms with E-state index in [1.165, 1.54) is 0 Å². The molecule has 0 fully saturated rings. The van der Waals surface area contributed by atoms with Gasteiger partial charge in [-0.25, -0.2) is 4.98 Å². The van der Waals surface area contributed by atoms with Crippen molar-refractivity contribution < 1.29 is 4.74 Å². The summed E-state index contributed by atoms with van der Waals surface area (Å²) in [6, 6.07) is 7.81. The molecule has 78 valence electrons. The van der Waals surface area contributed by atoms with Crippen LogP contribution in [0.15, 0.2) is 36.7 Å². The minimum Gasteiger partial charge on any atom is -0.426 e. The monoisotopic (exact) mass is 222 g/mol. The molecule has 1 heterocycles. The van der Waals surface area contributed by atoms with Crippen LogP contribution in [-0.4, -0.2) is 9.55 Å². The van der Waals surface area contributed by atoms with Gasteiger partial charge in [0.05, 0.1) is 0 Å². The molecule has 0 unspecified atom stereocenters. The lowest BCUT2D eigenvalue weighted by molar-refractivity contribution is 0.415. The minimum absolute atomic E-state index is 0.597. The van der Waals surface area contributed by atoms with Crippen molar-refractivity contribution in [3.8, 4) is 11.8 Å². The minimum atomic E-state index is 0.597. The van der Waals surface area contributed by atoms with Gasteiger partial charge in [0, 0.05) is 24.0 Å². The number of imidazole rings is 1. The Labute approximate surface area is 93.3 Å². The first-order valence-electron chi connectivity index (χ1n) is 4.74. The molecule has 0 spiro atoms. The molecule has 15 heavy (non-hydrogen) atoms. The third-order valence-electron chi connectivity index (χ3n) is 2.04. The Bertz CT molecular complexity index is 436. The quantitative estimate of drug-likeness (QED) is 0.797. The summed E-state index contributed by atoms with van der Waals surface area (Å²) >= 11 is 5.78. The molecule has 0 N–H and O–H groups in total. The normalized spacial score (nSPS) is 10.3. The van der Waals surface area contributed by atoms with Crippen molar-refractivity contribution in [2.24, 2.45) is 0 Å². The molecule has 0 saturated heterocycles. The fraction of sp³-hybridized carbons (Fsp3) is 0.182. The van der Waals surface area contributed by atoms with Gasteiger partial charge in [-0.1, -0.05) is 11.6 Å². The maximum Gasteiger partial charge on any atom is 0.301 e. The van der Waals surface area contributed by atoms with Crippen LogP contribution < -0.4 is 4.74 Å². The first kappa shape index (κ1) is 10.1. The summed E-state index contributed by atoms with van der Waals surface area (Å²) in [6.07, 6.45) is 3.60. The lowest BCUT2D eigenvalue weighted by atomic mass is 10.3.